The molecular weight excluding hydrogens is 502 g/mol. The Kier molecular flexibility index (Phi) is 13.0. The zero-order valence-electron chi connectivity index (χ0n) is 22.5. The molecule has 4 N–H and O–H groups in total. The van der Waals surface area contributed by atoms with E-state index >= 15 is 0 Å². The Balaban J connectivity index is 1.17. The zero-order valence-corrected chi connectivity index (χ0v) is 23.3. The molecule has 0 aliphatic heterocycles. The first-order chi connectivity index (χ1) is 18.4. The predicted molar refractivity (Wildman–Crippen MR) is 150 cm³/mol. The number of ether oxygens (including phenoxy) is 1. The molecule has 0 aromatic heterocycles. The van der Waals surface area contributed by atoms with E-state index in [1.807, 2.05) is 18.2 Å². The molecule has 1 fully saturated rings. The van der Waals surface area contributed by atoms with Crippen LogP contribution < -0.4 is 5.32 Å². The largest absolute Gasteiger partial charge is 0.508 e. The molecule has 1 atom stereocenters. The van der Waals surface area contributed by atoms with Crippen LogP contribution in [0.25, 0.3) is 0 Å². The van der Waals surface area contributed by atoms with Gasteiger partial charge in [0.1, 0.15) is 12.0 Å². The summed E-state index contributed by atoms with van der Waals surface area (Å²) in [7, 11) is -3.19. The second kappa shape index (κ2) is 16.2. The number of aliphatic hydroxyl groups excluding tert-OH is 2. The number of hydrogen-bond donors (Lipinski definition) is 4. The number of sulfone groups is 1. The predicted octanol–water partition coefficient (Wildman–Crippen LogP) is 4.65. The molecule has 7 nitrogen and oxygen atoms in total. The number of rotatable bonds is 18. The fraction of sp³-hybridized carbons (Fsp3) is 0.600. The topological polar surface area (TPSA) is 116 Å². The number of aliphatic hydroxyl groups is 2. The van der Waals surface area contributed by atoms with Crippen LogP contribution in [0.3, 0.4) is 0 Å². The Morgan fingerprint density at radius 2 is 1.66 bits per heavy atom. The zero-order chi connectivity index (χ0) is 27.2. The Bertz CT molecular complexity index is 1070. The maximum atomic E-state index is 12.8. The van der Waals surface area contributed by atoms with Crippen LogP contribution in [0, 0.1) is 0 Å². The fourth-order valence-electron chi connectivity index (χ4n) is 5.04. The van der Waals surface area contributed by atoms with Crippen LogP contribution >= 0.6 is 0 Å². The van der Waals surface area contributed by atoms with E-state index in [0.717, 1.165) is 102 Å². The first-order valence-corrected chi connectivity index (χ1v) is 15.7. The van der Waals surface area contributed by atoms with Crippen molar-refractivity contribution in [1.29, 1.82) is 0 Å². The minimum Gasteiger partial charge on any atom is -0.508 e. The van der Waals surface area contributed by atoms with Crippen LogP contribution in [0.5, 0.6) is 5.75 Å². The average Bonchev–Trinajstić information content (AvgIpc) is 3.47. The summed E-state index contributed by atoms with van der Waals surface area (Å²) in [5.74, 6) is 0.0671. The number of benzene rings is 2. The Labute approximate surface area is 228 Å². The first kappa shape index (κ1) is 30.6. The molecule has 0 amide bonds. The van der Waals surface area contributed by atoms with E-state index in [4.69, 9.17) is 4.74 Å². The number of unbranched alkanes of at least 4 members (excludes halogenated alkanes) is 4. The number of nitrogens with one attached hydrogen (secondary N) is 1. The van der Waals surface area contributed by atoms with Crippen molar-refractivity contribution in [3.8, 4) is 5.75 Å². The number of aromatic hydroxyl groups is 1. The van der Waals surface area contributed by atoms with Crippen LogP contribution in [0.15, 0.2) is 47.4 Å². The molecule has 212 valence electrons. The SMILES string of the molecule is O=S(=O)(c1cccc(CCCCOCCCCCCNC(O)Cc2ccc(O)c(CO)c2)c1)C1CCCC1. The van der Waals surface area contributed by atoms with Crippen LogP contribution in [0.1, 0.15) is 80.9 Å². The van der Waals surface area contributed by atoms with Crippen molar-refractivity contribution in [1.82, 2.24) is 5.32 Å². The van der Waals surface area contributed by atoms with Gasteiger partial charge >= 0.3 is 0 Å². The Morgan fingerprint density at radius 1 is 0.921 bits per heavy atom. The molecule has 2 aromatic carbocycles. The molecule has 0 heterocycles. The summed E-state index contributed by atoms with van der Waals surface area (Å²) < 4.78 is 31.4. The van der Waals surface area contributed by atoms with Gasteiger partial charge in [0.15, 0.2) is 9.84 Å². The van der Waals surface area contributed by atoms with Crippen molar-refractivity contribution in [2.75, 3.05) is 19.8 Å². The third kappa shape index (κ3) is 9.97. The van der Waals surface area contributed by atoms with Crippen molar-refractivity contribution < 1.29 is 28.5 Å². The van der Waals surface area contributed by atoms with Gasteiger partial charge in [0.25, 0.3) is 0 Å². The number of hydrogen-bond acceptors (Lipinski definition) is 7. The molecule has 1 aliphatic rings. The van der Waals surface area contributed by atoms with E-state index in [9.17, 15) is 23.7 Å². The minimum absolute atomic E-state index is 0.0671. The van der Waals surface area contributed by atoms with Crippen LogP contribution in [-0.2, 0) is 34.0 Å². The van der Waals surface area contributed by atoms with Gasteiger partial charge in [-0.05, 0) is 86.9 Å². The van der Waals surface area contributed by atoms with E-state index in [-0.39, 0.29) is 17.6 Å². The Morgan fingerprint density at radius 3 is 2.42 bits per heavy atom. The molecule has 1 aliphatic carbocycles. The molecule has 0 bridgehead atoms. The summed E-state index contributed by atoms with van der Waals surface area (Å²) in [5.41, 5.74) is 2.42. The molecule has 0 spiro atoms. The second-order valence-electron chi connectivity index (χ2n) is 10.4. The van der Waals surface area contributed by atoms with Crippen molar-refractivity contribution >= 4 is 9.84 Å². The van der Waals surface area contributed by atoms with Gasteiger partial charge in [-0.2, -0.15) is 0 Å². The van der Waals surface area contributed by atoms with E-state index in [1.54, 1.807) is 24.3 Å². The van der Waals surface area contributed by atoms with Gasteiger partial charge in [0, 0.05) is 25.2 Å². The molecule has 0 saturated heterocycles. The molecule has 0 radical (unpaired) electrons. The van der Waals surface area contributed by atoms with Gasteiger partial charge in [-0.3, -0.25) is 5.32 Å². The molecule has 1 saturated carbocycles. The highest BCUT2D eigenvalue weighted by Crippen LogP contribution is 2.30. The molecule has 2 aromatic rings. The highest BCUT2D eigenvalue weighted by atomic mass is 32.2. The van der Waals surface area contributed by atoms with Crippen LogP contribution in [0.4, 0.5) is 0 Å². The molecule has 38 heavy (non-hydrogen) atoms. The third-order valence-electron chi connectivity index (χ3n) is 7.31. The van der Waals surface area contributed by atoms with E-state index in [1.165, 1.54) is 0 Å². The van der Waals surface area contributed by atoms with Gasteiger partial charge in [0.05, 0.1) is 16.8 Å². The van der Waals surface area contributed by atoms with Crippen LogP contribution in [-0.4, -0.2) is 55.0 Å². The lowest BCUT2D eigenvalue weighted by Crippen LogP contribution is -2.31. The normalized spacial score (nSPS) is 15.2. The summed E-state index contributed by atoms with van der Waals surface area (Å²) in [6.07, 6.45) is 10.3. The van der Waals surface area contributed by atoms with E-state index in [0.29, 0.717) is 16.9 Å². The van der Waals surface area contributed by atoms with Gasteiger partial charge in [-0.25, -0.2) is 8.42 Å². The molecule has 8 heteroatoms. The monoisotopic (exact) mass is 547 g/mol. The Hall–Kier alpha value is -1.97. The number of phenols is 1. The molecule has 1 unspecified atom stereocenters. The third-order valence-corrected chi connectivity index (χ3v) is 9.57. The second-order valence-corrected chi connectivity index (χ2v) is 12.6. The standard InChI is InChI=1S/C30H45NO6S/c32-23-26-20-25(15-16-29(26)33)22-30(34)31-17-6-1-2-7-18-37-19-8-5-10-24-11-9-14-28(21-24)38(35,36)27-12-3-4-13-27/h9,11,14-16,20-21,27,30-34H,1-8,10,12-13,17-19,22-23H2. The molecular formula is C30H45NO6S. The van der Waals surface area contributed by atoms with E-state index in [2.05, 4.69) is 5.32 Å². The maximum absolute atomic E-state index is 12.8. The van der Waals surface area contributed by atoms with Gasteiger partial charge in [-0.1, -0.05) is 43.9 Å². The highest BCUT2D eigenvalue weighted by molar-refractivity contribution is 7.92. The number of aryl methyl sites for hydroxylation is 1. The lowest BCUT2D eigenvalue weighted by molar-refractivity contribution is 0.125. The van der Waals surface area contributed by atoms with Crippen molar-refractivity contribution in [3.05, 3.63) is 59.2 Å². The average molecular weight is 548 g/mol. The smallest absolute Gasteiger partial charge is 0.181 e. The van der Waals surface area contributed by atoms with E-state index < -0.39 is 16.1 Å². The lowest BCUT2D eigenvalue weighted by atomic mass is 10.1. The fourth-order valence-corrected chi connectivity index (χ4v) is 6.97. The summed E-state index contributed by atoms with van der Waals surface area (Å²) >= 11 is 0. The summed E-state index contributed by atoms with van der Waals surface area (Å²) in [6.45, 7) is 1.98. The maximum Gasteiger partial charge on any atom is 0.181 e. The minimum atomic E-state index is -3.19. The van der Waals surface area contributed by atoms with Gasteiger partial charge in [-0.15, -0.1) is 0 Å². The van der Waals surface area contributed by atoms with Crippen molar-refractivity contribution in [3.63, 3.8) is 0 Å². The van der Waals surface area contributed by atoms with Crippen molar-refractivity contribution in [2.24, 2.45) is 0 Å². The van der Waals surface area contributed by atoms with Crippen molar-refractivity contribution in [2.45, 2.75) is 100 Å². The van der Waals surface area contributed by atoms with Gasteiger partial charge in [0.2, 0.25) is 0 Å². The first-order valence-electron chi connectivity index (χ1n) is 14.1. The van der Waals surface area contributed by atoms with Crippen LogP contribution in [0.2, 0.25) is 0 Å². The lowest BCUT2D eigenvalue weighted by Gasteiger charge is -2.14. The summed E-state index contributed by atoms with van der Waals surface area (Å²) in [5, 5.41) is 31.9. The summed E-state index contributed by atoms with van der Waals surface area (Å²) in [4.78, 5) is 0.483. The summed E-state index contributed by atoms with van der Waals surface area (Å²) in [6, 6.07) is 12.5. The molecule has 3 rings (SSSR count). The quantitative estimate of drug-likeness (QED) is 0.159. The van der Waals surface area contributed by atoms with Gasteiger partial charge < -0.3 is 20.1 Å². The highest BCUT2D eigenvalue weighted by Gasteiger charge is 2.30.